The van der Waals surface area contributed by atoms with Gasteiger partial charge in [0, 0.05) is 12.1 Å². The second kappa shape index (κ2) is 13.7. The van der Waals surface area contributed by atoms with E-state index in [9.17, 15) is 14.7 Å². The number of hydrogen-bond acceptors (Lipinski definition) is 5. The van der Waals surface area contributed by atoms with Gasteiger partial charge in [0.15, 0.2) is 11.5 Å². The molecule has 2 N–H and O–H groups in total. The van der Waals surface area contributed by atoms with Crippen molar-refractivity contribution < 1.29 is 24.2 Å². The number of aliphatic carboxylic acids is 1. The van der Waals surface area contributed by atoms with Crippen molar-refractivity contribution in [1.82, 2.24) is 4.98 Å². The van der Waals surface area contributed by atoms with Crippen LogP contribution in [-0.2, 0) is 27.8 Å². The number of anilines is 1. The fraction of sp³-hybridized carbons (Fsp3) is 0.162. The van der Waals surface area contributed by atoms with Crippen LogP contribution in [0, 0.1) is 0 Å². The highest BCUT2D eigenvalue weighted by atomic mass is 16.5. The van der Waals surface area contributed by atoms with Crippen molar-refractivity contribution in [3.05, 3.63) is 155 Å². The first kappa shape index (κ1) is 30.0. The molecule has 1 atom stereocenters. The molecule has 0 radical (unpaired) electrons. The fourth-order valence-electron chi connectivity index (χ4n) is 5.12. The lowest BCUT2D eigenvalue weighted by molar-refractivity contribution is -0.143. The molecule has 222 valence electrons. The lowest BCUT2D eigenvalue weighted by atomic mass is 9.78. The van der Waals surface area contributed by atoms with Gasteiger partial charge in [-0.2, -0.15) is 0 Å². The maximum Gasteiger partial charge on any atom is 0.314 e. The molecule has 44 heavy (non-hydrogen) atoms. The zero-order valence-corrected chi connectivity index (χ0v) is 24.6. The van der Waals surface area contributed by atoms with E-state index in [0.29, 0.717) is 28.6 Å². The summed E-state index contributed by atoms with van der Waals surface area (Å²) in [6.45, 7) is 1.68. The molecule has 0 spiro atoms. The molecular weight excluding hydrogens is 552 g/mol. The number of carboxylic acid groups (broad SMARTS) is 1. The highest BCUT2D eigenvalue weighted by molar-refractivity contribution is 5.91. The minimum atomic E-state index is -1.17. The van der Waals surface area contributed by atoms with Crippen LogP contribution < -0.4 is 14.8 Å². The molecule has 1 aromatic heterocycles. The van der Waals surface area contributed by atoms with Crippen LogP contribution in [0.15, 0.2) is 127 Å². The van der Waals surface area contributed by atoms with E-state index in [1.54, 1.807) is 50.4 Å². The molecule has 5 rings (SSSR count). The molecule has 0 aliphatic carbocycles. The lowest BCUT2D eigenvalue weighted by Gasteiger charge is -2.25. The minimum Gasteiger partial charge on any atom is -0.493 e. The zero-order chi connectivity index (χ0) is 30.9. The average Bonchev–Trinajstić information content (AvgIpc) is 3.05. The number of ether oxygens (including phenoxy) is 2. The Morgan fingerprint density at radius 2 is 1.41 bits per heavy atom. The number of benzene rings is 4. The van der Waals surface area contributed by atoms with E-state index in [1.807, 2.05) is 91.0 Å². The molecule has 0 saturated carbocycles. The van der Waals surface area contributed by atoms with Crippen molar-refractivity contribution in [3.8, 4) is 11.5 Å². The quantitative estimate of drug-likeness (QED) is 0.163. The number of pyridine rings is 1. The smallest absolute Gasteiger partial charge is 0.314 e. The van der Waals surface area contributed by atoms with Crippen molar-refractivity contribution in [3.63, 3.8) is 0 Å². The largest absolute Gasteiger partial charge is 0.493 e. The van der Waals surface area contributed by atoms with Crippen LogP contribution in [0.2, 0.25) is 0 Å². The summed E-state index contributed by atoms with van der Waals surface area (Å²) in [6.07, 6.45) is -0.0920. The summed E-state index contributed by atoms with van der Waals surface area (Å²) in [4.78, 5) is 29.8. The van der Waals surface area contributed by atoms with Crippen LogP contribution in [0.25, 0.3) is 0 Å². The average molecular weight is 587 g/mol. The number of nitrogens with one attached hydrogen (secondary N) is 1. The third-order valence-corrected chi connectivity index (χ3v) is 7.53. The Morgan fingerprint density at radius 3 is 2.00 bits per heavy atom. The molecule has 7 heteroatoms. The van der Waals surface area contributed by atoms with E-state index < -0.39 is 11.4 Å². The number of amides is 1. The summed E-state index contributed by atoms with van der Waals surface area (Å²) >= 11 is 0. The number of aromatic nitrogens is 1. The van der Waals surface area contributed by atoms with E-state index in [4.69, 9.17) is 9.47 Å². The topological polar surface area (TPSA) is 97.8 Å². The lowest BCUT2D eigenvalue weighted by Crippen LogP contribution is -2.35. The Bertz CT molecular complexity index is 1670. The molecule has 0 fully saturated rings. The molecular formula is C37H34N2O5. The fourth-order valence-corrected chi connectivity index (χ4v) is 5.12. The molecule has 1 amide bonds. The summed E-state index contributed by atoms with van der Waals surface area (Å²) in [6, 6.07) is 39.7. The van der Waals surface area contributed by atoms with Crippen molar-refractivity contribution >= 4 is 17.7 Å². The Hall–Kier alpha value is -5.43. The summed E-state index contributed by atoms with van der Waals surface area (Å²) in [7, 11) is 1.57. The first-order valence-electron chi connectivity index (χ1n) is 14.3. The summed E-state index contributed by atoms with van der Waals surface area (Å²) < 4.78 is 12.1. The molecule has 0 bridgehead atoms. The minimum absolute atomic E-state index is 0.0835. The number of methoxy groups -OCH3 is 1. The number of rotatable bonds is 12. The summed E-state index contributed by atoms with van der Waals surface area (Å²) in [5, 5.41) is 12.9. The highest BCUT2D eigenvalue weighted by Crippen LogP contribution is 2.35. The Balaban J connectivity index is 1.29. The number of hydrogen-bond donors (Lipinski definition) is 2. The Kier molecular flexibility index (Phi) is 9.35. The van der Waals surface area contributed by atoms with Gasteiger partial charge in [-0.25, -0.2) is 4.98 Å². The summed E-state index contributed by atoms with van der Waals surface area (Å²) in [5.74, 6) is 0.222. The Labute approximate surface area is 257 Å². The second-order valence-electron chi connectivity index (χ2n) is 10.7. The van der Waals surface area contributed by atoms with Gasteiger partial charge in [-0.05, 0) is 53.4 Å². The normalized spacial score (nSPS) is 12.2. The first-order valence-corrected chi connectivity index (χ1v) is 14.3. The predicted molar refractivity (Wildman–Crippen MR) is 170 cm³/mol. The van der Waals surface area contributed by atoms with Crippen molar-refractivity contribution in [2.24, 2.45) is 0 Å². The van der Waals surface area contributed by atoms with Crippen LogP contribution in [0.4, 0.5) is 5.82 Å². The third kappa shape index (κ3) is 7.13. The van der Waals surface area contributed by atoms with Crippen molar-refractivity contribution in [2.75, 3.05) is 12.4 Å². The number of nitrogens with zero attached hydrogens (tertiary/aromatic N) is 1. The van der Waals surface area contributed by atoms with Gasteiger partial charge in [-0.1, -0.05) is 103 Å². The van der Waals surface area contributed by atoms with Crippen LogP contribution in [0.5, 0.6) is 11.5 Å². The molecule has 0 saturated heterocycles. The van der Waals surface area contributed by atoms with E-state index in [1.165, 1.54) is 0 Å². The van der Waals surface area contributed by atoms with Gasteiger partial charge in [-0.3, -0.25) is 9.59 Å². The van der Waals surface area contributed by atoms with Crippen LogP contribution in [0.1, 0.15) is 41.0 Å². The first-order chi connectivity index (χ1) is 21.4. The third-order valence-electron chi connectivity index (χ3n) is 7.53. The number of carbonyl (C=O) groups is 2. The summed E-state index contributed by atoms with van der Waals surface area (Å²) in [5.41, 5.74) is 2.83. The molecule has 5 aromatic rings. The van der Waals surface area contributed by atoms with E-state index in [-0.39, 0.29) is 24.9 Å². The molecule has 1 heterocycles. The van der Waals surface area contributed by atoms with Gasteiger partial charge in [-0.15, -0.1) is 0 Å². The zero-order valence-electron chi connectivity index (χ0n) is 24.6. The number of carbonyl (C=O) groups excluding carboxylic acids is 1. The SMILES string of the molecule is COc1cc(CC(=O)Nc2cccc(CC(C)(C(=O)O)c3ccccc3)n2)ccc1OC(c1ccccc1)c1ccccc1. The monoisotopic (exact) mass is 586 g/mol. The highest BCUT2D eigenvalue weighted by Gasteiger charge is 2.35. The van der Waals surface area contributed by atoms with Crippen LogP contribution >= 0.6 is 0 Å². The number of carboxylic acids is 1. The van der Waals surface area contributed by atoms with Gasteiger partial charge < -0.3 is 19.9 Å². The van der Waals surface area contributed by atoms with Gasteiger partial charge in [0.1, 0.15) is 11.9 Å². The standard InChI is InChI=1S/C37H34N2O5/c1-37(36(41)42,29-17-10-5-11-18-29)25-30-19-12-20-33(38-30)39-34(40)24-26-21-22-31(32(23-26)43-2)44-35(27-13-6-3-7-14-27)28-15-8-4-9-16-28/h3-23,35H,24-25H2,1-2H3,(H,41,42)(H,38,39,40). The van der Waals surface area contributed by atoms with E-state index >= 15 is 0 Å². The van der Waals surface area contributed by atoms with Crippen molar-refractivity contribution in [2.45, 2.75) is 31.3 Å². The van der Waals surface area contributed by atoms with Crippen LogP contribution in [-0.4, -0.2) is 29.1 Å². The van der Waals surface area contributed by atoms with E-state index in [2.05, 4.69) is 10.3 Å². The maximum absolute atomic E-state index is 13.0. The van der Waals surface area contributed by atoms with Gasteiger partial charge >= 0.3 is 5.97 Å². The predicted octanol–water partition coefficient (Wildman–Crippen LogP) is 7.02. The molecule has 0 aliphatic heterocycles. The van der Waals surface area contributed by atoms with Gasteiger partial charge in [0.25, 0.3) is 0 Å². The van der Waals surface area contributed by atoms with Crippen LogP contribution in [0.3, 0.4) is 0 Å². The maximum atomic E-state index is 13.0. The Morgan fingerprint density at radius 1 is 0.795 bits per heavy atom. The van der Waals surface area contributed by atoms with E-state index in [0.717, 1.165) is 16.7 Å². The van der Waals surface area contributed by atoms with Gasteiger partial charge in [0.2, 0.25) is 5.91 Å². The van der Waals surface area contributed by atoms with Gasteiger partial charge in [0.05, 0.1) is 18.9 Å². The molecule has 4 aromatic carbocycles. The molecule has 7 nitrogen and oxygen atoms in total. The second-order valence-corrected chi connectivity index (χ2v) is 10.7. The molecule has 1 unspecified atom stereocenters. The van der Waals surface area contributed by atoms with Crippen molar-refractivity contribution in [1.29, 1.82) is 0 Å². The molecule has 0 aliphatic rings.